The Labute approximate surface area is 132 Å². The minimum atomic E-state index is 0.455. The van der Waals surface area contributed by atoms with Gasteiger partial charge in [-0.3, -0.25) is 4.98 Å². The topological polar surface area (TPSA) is 43.6 Å². The highest BCUT2D eigenvalue weighted by Crippen LogP contribution is 2.34. The van der Waals surface area contributed by atoms with Crippen LogP contribution in [0.15, 0.2) is 67.4 Å². The molecule has 0 N–H and O–H groups in total. The Bertz CT molecular complexity index is 933. The molecule has 0 saturated carbocycles. The van der Waals surface area contributed by atoms with Gasteiger partial charge in [-0.25, -0.2) is 9.97 Å². The van der Waals surface area contributed by atoms with Crippen molar-refractivity contribution in [3.05, 3.63) is 72.5 Å². The largest absolute Gasteiger partial charge is 0.300 e. The molecular weight excluding hydrogens is 296 g/mol. The van der Waals surface area contributed by atoms with Crippen LogP contribution in [0.5, 0.6) is 0 Å². The Morgan fingerprint density at radius 3 is 2.45 bits per heavy atom. The van der Waals surface area contributed by atoms with Gasteiger partial charge in [0.15, 0.2) is 0 Å². The maximum absolute atomic E-state index is 6.34. The fraction of sp³-hybridized carbons (Fsp3) is 0. The average Bonchev–Trinajstić information content (AvgIpc) is 2.98. The van der Waals surface area contributed by atoms with Gasteiger partial charge in [0, 0.05) is 24.2 Å². The molecule has 3 aromatic heterocycles. The molecule has 0 spiro atoms. The van der Waals surface area contributed by atoms with Gasteiger partial charge < -0.3 is 4.57 Å². The molecule has 0 aliphatic rings. The zero-order chi connectivity index (χ0) is 14.9. The summed E-state index contributed by atoms with van der Waals surface area (Å²) in [5, 5.41) is 1.31. The third-order valence-corrected chi connectivity index (χ3v) is 3.85. The zero-order valence-electron chi connectivity index (χ0n) is 11.5. The fourth-order valence-electron chi connectivity index (χ4n) is 2.56. The Morgan fingerprint density at radius 2 is 1.68 bits per heavy atom. The smallest absolute Gasteiger partial charge is 0.150 e. The van der Waals surface area contributed by atoms with Gasteiger partial charge in [-0.05, 0) is 17.7 Å². The van der Waals surface area contributed by atoms with Crippen molar-refractivity contribution in [2.45, 2.75) is 0 Å². The first kappa shape index (κ1) is 13.0. The van der Waals surface area contributed by atoms with Crippen LogP contribution >= 0.6 is 11.6 Å². The molecule has 106 valence electrons. The Hall–Kier alpha value is -2.72. The number of fused-ring (bicyclic) bond motifs is 1. The van der Waals surface area contributed by atoms with E-state index < -0.39 is 0 Å². The summed E-state index contributed by atoms with van der Waals surface area (Å²) in [5.41, 5.74) is 3.86. The number of hydrogen-bond acceptors (Lipinski definition) is 3. The molecule has 0 bridgehead atoms. The van der Waals surface area contributed by atoms with Crippen molar-refractivity contribution < 1.29 is 0 Å². The second kappa shape index (κ2) is 5.24. The lowest BCUT2D eigenvalue weighted by Gasteiger charge is -2.03. The molecule has 1 aromatic carbocycles. The van der Waals surface area contributed by atoms with Crippen LogP contribution in [0, 0.1) is 0 Å². The van der Waals surface area contributed by atoms with E-state index in [0.29, 0.717) is 5.15 Å². The normalized spacial score (nSPS) is 11.0. The van der Waals surface area contributed by atoms with Crippen molar-refractivity contribution in [3.8, 4) is 16.8 Å². The van der Waals surface area contributed by atoms with E-state index in [2.05, 4.69) is 27.1 Å². The molecule has 4 nitrogen and oxygen atoms in total. The van der Waals surface area contributed by atoms with Crippen LogP contribution in [0.25, 0.3) is 27.8 Å². The molecule has 22 heavy (non-hydrogen) atoms. The third-order valence-electron chi connectivity index (χ3n) is 3.56. The first-order valence-corrected chi connectivity index (χ1v) is 7.20. The molecule has 4 rings (SSSR count). The number of pyridine rings is 1. The number of halogens is 1. The minimum absolute atomic E-state index is 0.455. The van der Waals surface area contributed by atoms with Gasteiger partial charge in [0.2, 0.25) is 0 Å². The van der Waals surface area contributed by atoms with Crippen molar-refractivity contribution in [1.29, 1.82) is 0 Å². The number of hydrogen-bond donors (Lipinski definition) is 0. The van der Waals surface area contributed by atoms with Gasteiger partial charge >= 0.3 is 0 Å². The summed E-state index contributed by atoms with van der Waals surface area (Å²) in [6.45, 7) is 0. The van der Waals surface area contributed by atoms with E-state index in [-0.39, 0.29) is 0 Å². The van der Waals surface area contributed by atoms with Gasteiger partial charge in [-0.2, -0.15) is 0 Å². The molecule has 3 heterocycles. The molecule has 0 aliphatic heterocycles. The van der Waals surface area contributed by atoms with Gasteiger partial charge in [0.1, 0.15) is 17.1 Å². The predicted octanol–water partition coefficient (Wildman–Crippen LogP) is 4.14. The van der Waals surface area contributed by atoms with Crippen molar-refractivity contribution in [2.75, 3.05) is 0 Å². The lowest BCUT2D eigenvalue weighted by molar-refractivity contribution is 1.07. The van der Waals surface area contributed by atoms with E-state index in [9.17, 15) is 0 Å². The Morgan fingerprint density at radius 1 is 0.909 bits per heavy atom. The van der Waals surface area contributed by atoms with E-state index in [1.165, 1.54) is 6.33 Å². The highest BCUT2D eigenvalue weighted by atomic mass is 35.5. The van der Waals surface area contributed by atoms with E-state index in [1.807, 2.05) is 41.1 Å². The van der Waals surface area contributed by atoms with Crippen LogP contribution in [-0.4, -0.2) is 19.5 Å². The molecule has 5 heteroatoms. The quantitative estimate of drug-likeness (QED) is 0.523. The van der Waals surface area contributed by atoms with Crippen molar-refractivity contribution in [3.63, 3.8) is 0 Å². The maximum atomic E-state index is 6.34. The molecule has 0 fully saturated rings. The van der Waals surface area contributed by atoms with Crippen LogP contribution in [0.2, 0.25) is 5.15 Å². The first-order chi connectivity index (χ1) is 10.8. The van der Waals surface area contributed by atoms with Crippen molar-refractivity contribution in [2.24, 2.45) is 0 Å². The minimum Gasteiger partial charge on any atom is -0.300 e. The summed E-state index contributed by atoms with van der Waals surface area (Å²) in [4.78, 5) is 12.6. The van der Waals surface area contributed by atoms with Gasteiger partial charge in [0.05, 0.1) is 11.1 Å². The van der Waals surface area contributed by atoms with Gasteiger partial charge in [-0.1, -0.05) is 41.9 Å². The van der Waals surface area contributed by atoms with E-state index in [0.717, 1.165) is 27.8 Å². The van der Waals surface area contributed by atoms with Crippen molar-refractivity contribution >= 4 is 22.6 Å². The zero-order valence-corrected chi connectivity index (χ0v) is 12.3. The number of aromatic nitrogens is 4. The molecule has 4 aromatic rings. The second-order valence-corrected chi connectivity index (χ2v) is 5.21. The number of nitrogens with zero attached hydrogens (tertiary/aromatic N) is 4. The summed E-state index contributed by atoms with van der Waals surface area (Å²) >= 11 is 6.34. The highest BCUT2D eigenvalue weighted by Gasteiger charge is 2.15. The first-order valence-electron chi connectivity index (χ1n) is 6.82. The molecule has 0 radical (unpaired) electrons. The summed E-state index contributed by atoms with van der Waals surface area (Å²) in [6.07, 6.45) is 7.03. The molecule has 0 amide bonds. The van der Waals surface area contributed by atoms with Crippen LogP contribution in [0.1, 0.15) is 0 Å². The number of rotatable bonds is 2. The monoisotopic (exact) mass is 306 g/mol. The molecule has 0 aliphatic carbocycles. The fourth-order valence-corrected chi connectivity index (χ4v) is 2.79. The lowest BCUT2D eigenvalue weighted by Crippen LogP contribution is -1.94. The lowest BCUT2D eigenvalue weighted by atomic mass is 10.1. The molecule has 0 unspecified atom stereocenters. The van der Waals surface area contributed by atoms with Crippen LogP contribution < -0.4 is 0 Å². The standard InChI is InChI=1S/C17H11ClN4/c18-16-15-14(12-4-2-1-3-5-12)10-22(17(15)21-11-20-16)13-6-8-19-9-7-13/h1-11H. The van der Waals surface area contributed by atoms with Crippen LogP contribution in [-0.2, 0) is 0 Å². The third kappa shape index (κ3) is 2.05. The summed E-state index contributed by atoms with van der Waals surface area (Å²) in [5.74, 6) is 0. The predicted molar refractivity (Wildman–Crippen MR) is 87.1 cm³/mol. The average molecular weight is 307 g/mol. The highest BCUT2D eigenvalue weighted by molar-refractivity contribution is 6.35. The van der Waals surface area contributed by atoms with E-state index in [1.54, 1.807) is 12.4 Å². The summed E-state index contributed by atoms with van der Waals surface area (Å²) in [6, 6.07) is 14.0. The second-order valence-electron chi connectivity index (χ2n) is 4.85. The molecular formula is C17H11ClN4. The Balaban J connectivity index is 2.07. The summed E-state index contributed by atoms with van der Waals surface area (Å²) < 4.78 is 2.01. The van der Waals surface area contributed by atoms with E-state index >= 15 is 0 Å². The van der Waals surface area contributed by atoms with Crippen LogP contribution in [0.3, 0.4) is 0 Å². The van der Waals surface area contributed by atoms with E-state index in [4.69, 9.17) is 11.6 Å². The summed E-state index contributed by atoms with van der Waals surface area (Å²) in [7, 11) is 0. The van der Waals surface area contributed by atoms with Gasteiger partial charge in [0.25, 0.3) is 0 Å². The molecule has 0 saturated heterocycles. The van der Waals surface area contributed by atoms with Gasteiger partial charge in [-0.15, -0.1) is 0 Å². The Kier molecular flexibility index (Phi) is 3.09. The molecule has 0 atom stereocenters. The van der Waals surface area contributed by atoms with Crippen LogP contribution in [0.4, 0.5) is 0 Å². The van der Waals surface area contributed by atoms with Crippen molar-refractivity contribution in [1.82, 2.24) is 19.5 Å². The maximum Gasteiger partial charge on any atom is 0.150 e. The number of benzene rings is 1. The SMILES string of the molecule is Clc1ncnc2c1c(-c1ccccc1)cn2-c1ccncc1.